The molecule has 0 fully saturated rings. The summed E-state index contributed by atoms with van der Waals surface area (Å²) in [4.78, 5) is 49.6. The standard InChI is InChI=1S/C40H65F4N4O9P/c1-3-5-7-9-11-13-15-17-19-21-23-25-32(49)54-29-31(57-33(50)26-24-22-20-18-16-14-12-10-8-6-4-2)30-56-58(52,53)55-28-27-46-40(51)34-35(41)37(43)39(47-48-45)38(44)36(34)42/h31H,3-30H2,1-2H3,(H,46,51)(H,52,53). The van der Waals surface area contributed by atoms with Crippen LogP contribution in [0.2, 0.25) is 0 Å². The van der Waals surface area contributed by atoms with Gasteiger partial charge in [0, 0.05) is 24.3 Å². The first-order valence-corrected chi connectivity index (χ1v) is 22.5. The highest BCUT2D eigenvalue weighted by Crippen LogP contribution is 2.43. The Morgan fingerprint density at radius 2 is 1.10 bits per heavy atom. The minimum Gasteiger partial charge on any atom is -0.462 e. The van der Waals surface area contributed by atoms with E-state index in [1.165, 1.54) is 77.0 Å². The highest BCUT2D eigenvalue weighted by Gasteiger charge is 2.30. The summed E-state index contributed by atoms with van der Waals surface area (Å²) in [6.07, 6.45) is 23.2. The molecule has 0 aliphatic carbocycles. The first kappa shape index (κ1) is 52.8. The van der Waals surface area contributed by atoms with E-state index in [0.717, 1.165) is 51.4 Å². The summed E-state index contributed by atoms with van der Waals surface area (Å²) in [7, 11) is -4.91. The van der Waals surface area contributed by atoms with Crippen molar-refractivity contribution in [1.29, 1.82) is 0 Å². The molecule has 13 nitrogen and oxygen atoms in total. The van der Waals surface area contributed by atoms with Gasteiger partial charge in [-0.1, -0.05) is 147 Å². The number of phosphoric ester groups is 1. The minimum absolute atomic E-state index is 0.0798. The summed E-state index contributed by atoms with van der Waals surface area (Å²) >= 11 is 0. The molecule has 0 aliphatic heterocycles. The lowest BCUT2D eigenvalue weighted by Crippen LogP contribution is -2.30. The fourth-order valence-electron chi connectivity index (χ4n) is 6.07. The molecule has 1 rings (SSSR count). The fourth-order valence-corrected chi connectivity index (χ4v) is 6.82. The molecule has 1 aromatic rings. The number of carbonyl (C=O) groups excluding carboxylic acids is 3. The molecule has 1 aromatic carbocycles. The number of rotatable bonds is 36. The Hall–Kier alpha value is -3.23. The largest absolute Gasteiger partial charge is 0.472 e. The number of hydrogen-bond acceptors (Lipinski definition) is 9. The van der Waals surface area contributed by atoms with Crippen LogP contribution in [0.5, 0.6) is 0 Å². The molecule has 0 aromatic heterocycles. The van der Waals surface area contributed by atoms with Crippen molar-refractivity contribution >= 4 is 31.4 Å². The van der Waals surface area contributed by atoms with Crippen LogP contribution >= 0.6 is 7.82 Å². The van der Waals surface area contributed by atoms with Gasteiger partial charge in [-0.3, -0.25) is 23.4 Å². The summed E-state index contributed by atoms with van der Waals surface area (Å²) < 4.78 is 89.6. The summed E-state index contributed by atoms with van der Waals surface area (Å²) in [6, 6.07) is 0. The SMILES string of the molecule is CCCCCCCCCCCCCC(=O)OCC(COP(=O)(O)OCCNC(=O)c1c(F)c(F)c(N=[N+]=[N-])c(F)c1F)OC(=O)CCCCCCCCCCCCC. The van der Waals surface area contributed by atoms with E-state index in [1.54, 1.807) is 0 Å². The van der Waals surface area contributed by atoms with Crippen molar-refractivity contribution in [2.24, 2.45) is 5.11 Å². The molecule has 18 heteroatoms. The first-order chi connectivity index (χ1) is 27.9. The van der Waals surface area contributed by atoms with Gasteiger partial charge in [0.2, 0.25) is 0 Å². The predicted octanol–water partition coefficient (Wildman–Crippen LogP) is 11.9. The number of unbranched alkanes of at least 4 members (excludes halogenated alkanes) is 20. The van der Waals surface area contributed by atoms with Crippen LogP contribution in [0.25, 0.3) is 10.4 Å². The van der Waals surface area contributed by atoms with Crippen LogP contribution < -0.4 is 5.32 Å². The molecule has 0 saturated heterocycles. The van der Waals surface area contributed by atoms with Crippen LogP contribution in [0, 0.1) is 23.3 Å². The van der Waals surface area contributed by atoms with E-state index < -0.39 is 92.7 Å². The average Bonchev–Trinajstić information content (AvgIpc) is 3.19. The summed E-state index contributed by atoms with van der Waals surface area (Å²) in [5.74, 6) is -11.2. The van der Waals surface area contributed by atoms with Gasteiger partial charge >= 0.3 is 19.8 Å². The Bertz CT molecular complexity index is 1420. The number of halogens is 4. The molecule has 1 amide bonds. The van der Waals surface area contributed by atoms with Crippen LogP contribution in [0.4, 0.5) is 23.2 Å². The Morgan fingerprint density at radius 3 is 1.55 bits per heavy atom. The molecule has 2 unspecified atom stereocenters. The van der Waals surface area contributed by atoms with Gasteiger partial charge in [0.05, 0.1) is 13.2 Å². The average molecular weight is 853 g/mol. The van der Waals surface area contributed by atoms with Gasteiger partial charge in [0.25, 0.3) is 5.91 Å². The van der Waals surface area contributed by atoms with Gasteiger partial charge in [-0.15, -0.1) is 0 Å². The van der Waals surface area contributed by atoms with Crippen LogP contribution in [0.1, 0.15) is 178 Å². The van der Waals surface area contributed by atoms with Gasteiger partial charge in [0.15, 0.2) is 29.4 Å². The quantitative estimate of drug-likeness (QED) is 0.00968. The smallest absolute Gasteiger partial charge is 0.462 e. The van der Waals surface area contributed by atoms with Crippen molar-refractivity contribution in [2.75, 3.05) is 26.4 Å². The van der Waals surface area contributed by atoms with Gasteiger partial charge in [0.1, 0.15) is 17.9 Å². The molecular weight excluding hydrogens is 787 g/mol. The second kappa shape index (κ2) is 32.6. The van der Waals surface area contributed by atoms with Crippen LogP contribution in [-0.4, -0.2) is 55.2 Å². The normalized spacial score (nSPS) is 12.7. The summed E-state index contributed by atoms with van der Waals surface area (Å²) in [6.45, 7) is 1.78. The molecule has 0 saturated carbocycles. The van der Waals surface area contributed by atoms with Crippen molar-refractivity contribution in [2.45, 2.75) is 174 Å². The second-order valence-corrected chi connectivity index (χ2v) is 15.8. The lowest BCUT2D eigenvalue weighted by atomic mass is 10.1. The van der Waals surface area contributed by atoms with Crippen molar-refractivity contribution in [3.8, 4) is 0 Å². The number of carbonyl (C=O) groups is 3. The number of benzene rings is 1. The summed E-state index contributed by atoms with van der Waals surface area (Å²) in [5.41, 5.74) is 5.09. The van der Waals surface area contributed by atoms with E-state index in [-0.39, 0.29) is 12.8 Å². The number of nitrogens with zero attached hydrogens (tertiary/aromatic N) is 3. The number of azide groups is 1. The van der Waals surface area contributed by atoms with Gasteiger partial charge in [-0.05, 0) is 18.4 Å². The Kier molecular flexibility index (Phi) is 29.7. The monoisotopic (exact) mass is 852 g/mol. The van der Waals surface area contributed by atoms with E-state index in [0.29, 0.717) is 12.8 Å². The highest BCUT2D eigenvalue weighted by atomic mass is 31.2. The van der Waals surface area contributed by atoms with E-state index in [1.807, 2.05) is 5.32 Å². The number of nitrogens with one attached hydrogen (secondary N) is 1. The molecule has 58 heavy (non-hydrogen) atoms. The number of esters is 2. The molecule has 0 heterocycles. The minimum atomic E-state index is -4.91. The van der Waals surface area contributed by atoms with Crippen molar-refractivity contribution in [3.63, 3.8) is 0 Å². The Morgan fingerprint density at radius 1 is 0.672 bits per heavy atom. The molecule has 0 radical (unpaired) electrons. The molecule has 0 bridgehead atoms. The fraction of sp³-hybridized carbons (Fsp3) is 0.775. The molecule has 0 spiro atoms. The molecule has 2 N–H and O–H groups in total. The van der Waals surface area contributed by atoms with E-state index in [4.69, 9.17) is 24.1 Å². The second-order valence-electron chi connectivity index (χ2n) is 14.4. The van der Waals surface area contributed by atoms with E-state index in [9.17, 15) is 41.4 Å². The van der Waals surface area contributed by atoms with Crippen molar-refractivity contribution in [1.82, 2.24) is 5.32 Å². The zero-order chi connectivity index (χ0) is 43.0. The molecule has 0 aliphatic rings. The maximum atomic E-state index is 14.3. The van der Waals surface area contributed by atoms with Crippen LogP contribution in [-0.2, 0) is 32.7 Å². The zero-order valence-corrected chi connectivity index (χ0v) is 35.3. The van der Waals surface area contributed by atoms with Crippen LogP contribution in [0.3, 0.4) is 0 Å². The van der Waals surface area contributed by atoms with Gasteiger partial charge in [-0.2, -0.15) is 0 Å². The Labute approximate surface area is 340 Å². The topological polar surface area (TPSA) is 186 Å². The molecule has 332 valence electrons. The van der Waals surface area contributed by atoms with Gasteiger partial charge in [-0.25, -0.2) is 22.1 Å². The van der Waals surface area contributed by atoms with E-state index >= 15 is 0 Å². The Balaban J connectivity index is 2.60. The van der Waals surface area contributed by atoms with Gasteiger partial charge < -0.3 is 19.7 Å². The third-order valence-corrected chi connectivity index (χ3v) is 10.4. The lowest BCUT2D eigenvalue weighted by molar-refractivity contribution is -0.161. The number of phosphoric acid groups is 1. The predicted molar refractivity (Wildman–Crippen MR) is 212 cm³/mol. The summed E-state index contributed by atoms with van der Waals surface area (Å²) in [5, 5.41) is 4.42. The molecular formula is C40H65F4N4O9P. The van der Waals surface area contributed by atoms with Crippen molar-refractivity contribution < 1.29 is 59.9 Å². The maximum absolute atomic E-state index is 14.3. The molecule has 2 atom stereocenters. The number of ether oxygens (including phenoxy) is 2. The highest BCUT2D eigenvalue weighted by molar-refractivity contribution is 7.47. The van der Waals surface area contributed by atoms with Crippen LogP contribution in [0.15, 0.2) is 5.11 Å². The maximum Gasteiger partial charge on any atom is 0.472 e. The number of hydrogen-bond donors (Lipinski definition) is 2. The zero-order valence-electron chi connectivity index (χ0n) is 34.4. The van der Waals surface area contributed by atoms with Crippen molar-refractivity contribution in [3.05, 3.63) is 39.3 Å². The lowest BCUT2D eigenvalue weighted by Gasteiger charge is -2.20. The third-order valence-electron chi connectivity index (χ3n) is 9.37. The van der Waals surface area contributed by atoms with E-state index in [2.05, 4.69) is 23.9 Å². The first-order valence-electron chi connectivity index (χ1n) is 21.0. The number of amides is 1. The third kappa shape index (κ3) is 24.0.